The topological polar surface area (TPSA) is 80.3 Å². The molecule has 5 nitrogen and oxygen atoms in total. The van der Waals surface area contributed by atoms with Crippen molar-refractivity contribution in [1.29, 1.82) is 0 Å². The molecule has 164 valence electrons. The Labute approximate surface area is 142 Å². The van der Waals surface area contributed by atoms with Gasteiger partial charge in [-0.05, 0) is 6.42 Å². The fourth-order valence-corrected chi connectivity index (χ4v) is 4.33. The van der Waals surface area contributed by atoms with Gasteiger partial charge in [-0.1, -0.05) is 0 Å². The van der Waals surface area contributed by atoms with E-state index in [1.165, 1.54) is 0 Å². The Morgan fingerprint density at radius 2 is 1.07 bits per heavy atom. The first kappa shape index (κ1) is 26.0. The molecule has 0 fully saturated rings. The van der Waals surface area contributed by atoms with Gasteiger partial charge in [0, 0.05) is 6.42 Å². The van der Waals surface area contributed by atoms with Crippen molar-refractivity contribution in [3.8, 4) is 0 Å². The van der Waals surface area contributed by atoms with Gasteiger partial charge in [0.15, 0.2) is 0 Å². The van der Waals surface area contributed by atoms with Gasteiger partial charge in [-0.15, -0.1) is 4.13 Å². The summed E-state index contributed by atoms with van der Waals surface area (Å²) in [7, 11) is -13.2. The Bertz CT molecular complexity index is 736. The summed E-state index contributed by atoms with van der Waals surface area (Å²) in [6, 6.07) is 0. The Morgan fingerprint density at radius 3 is 1.41 bits per heavy atom. The van der Waals surface area contributed by atoms with Crippen molar-refractivity contribution >= 4 is 20.0 Å². The molecule has 0 aliphatic heterocycles. The molecule has 0 aliphatic rings. The molecule has 0 aromatic heterocycles. The lowest BCUT2D eigenvalue weighted by atomic mass is 10.1. The predicted octanol–water partition coefficient (Wildman–Crippen LogP) is 3.00. The lowest BCUT2D eigenvalue weighted by Gasteiger charge is -2.32. The Hall–Kier alpha value is -0.980. The molecule has 27 heavy (non-hydrogen) atoms. The highest BCUT2D eigenvalue weighted by atomic mass is 32.3. The predicted molar refractivity (Wildman–Crippen MR) is 62.0 cm³/mol. The molecule has 0 amide bonds. The van der Waals surface area contributed by atoms with E-state index in [1.807, 2.05) is 0 Å². The van der Waals surface area contributed by atoms with E-state index in [1.54, 1.807) is 0 Å². The van der Waals surface area contributed by atoms with Gasteiger partial charge >= 0.3 is 29.5 Å². The number of alkyl halides is 12. The van der Waals surface area contributed by atoms with Crippen LogP contribution in [0.4, 0.5) is 52.7 Å². The molecular formula is C8H7F12NO4S2. The van der Waals surface area contributed by atoms with Crippen LogP contribution in [0.3, 0.4) is 0 Å². The van der Waals surface area contributed by atoms with Gasteiger partial charge in [0.05, 0.1) is 5.75 Å². The molecule has 0 aromatic rings. The minimum Gasteiger partial charge on any atom is -0.211 e. The van der Waals surface area contributed by atoms with Crippen LogP contribution >= 0.6 is 0 Å². The minimum absolute atomic E-state index is 0.265. The lowest BCUT2D eigenvalue weighted by Crippen LogP contribution is -2.65. The summed E-state index contributed by atoms with van der Waals surface area (Å²) in [5, 5.41) is -7.32. The Morgan fingerprint density at radius 1 is 0.667 bits per heavy atom. The second-order valence-corrected chi connectivity index (χ2v) is 8.61. The van der Waals surface area contributed by atoms with Crippen LogP contribution in [0.25, 0.3) is 0 Å². The van der Waals surface area contributed by atoms with E-state index in [-0.39, 0.29) is 4.13 Å². The normalized spacial score (nSPS) is 15.9. The van der Waals surface area contributed by atoms with Crippen LogP contribution < -0.4 is 4.13 Å². The molecule has 0 bridgehead atoms. The minimum atomic E-state index is -7.68. The molecule has 0 atom stereocenters. The van der Waals surface area contributed by atoms with E-state index in [4.69, 9.17) is 0 Å². The fourth-order valence-electron chi connectivity index (χ4n) is 1.25. The van der Waals surface area contributed by atoms with Crippen molar-refractivity contribution in [3.05, 3.63) is 0 Å². The summed E-state index contributed by atoms with van der Waals surface area (Å²) in [5.41, 5.74) is 0. The molecule has 19 heteroatoms. The zero-order valence-corrected chi connectivity index (χ0v) is 13.7. The van der Waals surface area contributed by atoms with Crippen LogP contribution in [-0.4, -0.2) is 52.0 Å². The Kier molecular flexibility index (Phi) is 6.86. The summed E-state index contributed by atoms with van der Waals surface area (Å²) >= 11 is 0. The molecule has 0 spiro atoms. The molecule has 0 saturated carbocycles. The largest absolute Gasteiger partial charge is 0.460 e. The van der Waals surface area contributed by atoms with Crippen LogP contribution in [-0.2, 0) is 20.0 Å². The summed E-state index contributed by atoms with van der Waals surface area (Å²) < 4.78 is 193. The third-order valence-electron chi connectivity index (χ3n) is 2.56. The van der Waals surface area contributed by atoms with E-state index in [0.717, 1.165) is 0 Å². The van der Waals surface area contributed by atoms with Crippen molar-refractivity contribution in [3.63, 3.8) is 0 Å². The average Bonchev–Trinajstić information content (AvgIpc) is 2.32. The SMILES string of the molecule is O=S(=O)(CCCC(F)(F)F)NS(=O)(=O)C(F)(F)C(F)(F)C(F)(F)C(F)(F)F. The summed E-state index contributed by atoms with van der Waals surface area (Å²) in [5.74, 6) is -17.2. The number of hydrogen-bond acceptors (Lipinski definition) is 4. The molecule has 0 saturated heterocycles. The summed E-state index contributed by atoms with van der Waals surface area (Å²) in [6.07, 6.45) is -15.7. The first-order chi connectivity index (χ1) is 11.4. The number of rotatable bonds is 8. The molecule has 0 rings (SSSR count). The van der Waals surface area contributed by atoms with Crippen molar-refractivity contribution in [2.75, 3.05) is 5.75 Å². The zero-order chi connectivity index (χ0) is 22.3. The van der Waals surface area contributed by atoms with Crippen LogP contribution in [0.2, 0.25) is 0 Å². The smallest absolute Gasteiger partial charge is 0.211 e. The monoisotopic (exact) mass is 473 g/mol. The molecular weight excluding hydrogens is 466 g/mol. The van der Waals surface area contributed by atoms with Crippen LogP contribution in [0, 0.1) is 0 Å². The third kappa shape index (κ3) is 5.52. The van der Waals surface area contributed by atoms with Crippen LogP contribution in [0.5, 0.6) is 0 Å². The standard InChI is InChI=1S/C8H7F12NO4S2/c9-4(10,11)2-1-3-26(22,23)21-27(24,25)8(19,20)6(14,15)5(12,13)7(16,17)18/h21H,1-3H2. The summed E-state index contributed by atoms with van der Waals surface area (Å²) in [4.78, 5) is 0. The van der Waals surface area contributed by atoms with Crippen LogP contribution in [0.15, 0.2) is 0 Å². The number of halogens is 12. The van der Waals surface area contributed by atoms with E-state index in [0.29, 0.717) is 0 Å². The molecule has 0 radical (unpaired) electrons. The Balaban J connectivity index is 5.74. The van der Waals surface area contributed by atoms with Crippen molar-refractivity contribution in [2.24, 2.45) is 0 Å². The number of sulfonamides is 2. The molecule has 1 N–H and O–H groups in total. The van der Waals surface area contributed by atoms with Crippen molar-refractivity contribution < 1.29 is 69.5 Å². The van der Waals surface area contributed by atoms with E-state index >= 15 is 0 Å². The highest BCUT2D eigenvalue weighted by Crippen LogP contribution is 2.54. The maximum atomic E-state index is 13.2. The molecule has 0 aliphatic carbocycles. The highest BCUT2D eigenvalue weighted by molar-refractivity contribution is 8.05. The summed E-state index contributed by atoms with van der Waals surface area (Å²) in [6.45, 7) is 0. The van der Waals surface area contributed by atoms with E-state index in [9.17, 15) is 69.5 Å². The first-order valence-corrected chi connectivity index (χ1v) is 9.07. The second-order valence-electron chi connectivity index (χ2n) is 4.79. The highest BCUT2D eigenvalue weighted by Gasteiger charge is 2.85. The molecule has 0 aromatic carbocycles. The fraction of sp³-hybridized carbons (Fsp3) is 1.00. The zero-order valence-electron chi connectivity index (χ0n) is 12.1. The average molecular weight is 473 g/mol. The van der Waals surface area contributed by atoms with Gasteiger partial charge < -0.3 is 0 Å². The van der Waals surface area contributed by atoms with Gasteiger partial charge in [0.25, 0.3) is 10.0 Å². The molecule has 0 heterocycles. The maximum Gasteiger partial charge on any atom is 0.460 e. The van der Waals surface area contributed by atoms with Gasteiger partial charge in [0.2, 0.25) is 10.0 Å². The maximum absolute atomic E-state index is 13.2. The van der Waals surface area contributed by atoms with Gasteiger partial charge in [0.1, 0.15) is 0 Å². The first-order valence-electron chi connectivity index (χ1n) is 5.94. The quantitative estimate of drug-likeness (QED) is 0.550. The number of hydrogen-bond donors (Lipinski definition) is 1. The second kappa shape index (κ2) is 7.12. The third-order valence-corrected chi connectivity index (χ3v) is 6.21. The number of nitrogens with one attached hydrogen (secondary N) is 1. The van der Waals surface area contributed by atoms with Gasteiger partial charge in [-0.25, -0.2) is 16.8 Å². The lowest BCUT2D eigenvalue weighted by molar-refractivity contribution is -0.382. The van der Waals surface area contributed by atoms with E-state index in [2.05, 4.69) is 0 Å². The van der Waals surface area contributed by atoms with Crippen LogP contribution in [0.1, 0.15) is 12.8 Å². The van der Waals surface area contributed by atoms with E-state index < -0.39 is 68.1 Å². The van der Waals surface area contributed by atoms with Gasteiger partial charge in [-0.3, -0.25) is 0 Å². The van der Waals surface area contributed by atoms with Crippen molar-refractivity contribution in [2.45, 2.75) is 42.3 Å². The van der Waals surface area contributed by atoms with Gasteiger partial charge in [-0.2, -0.15) is 52.7 Å². The molecule has 0 unspecified atom stereocenters. The van der Waals surface area contributed by atoms with Crippen molar-refractivity contribution in [1.82, 2.24) is 4.13 Å².